The van der Waals surface area contributed by atoms with Gasteiger partial charge in [0.05, 0.1) is 6.61 Å². The van der Waals surface area contributed by atoms with Crippen LogP contribution in [-0.4, -0.2) is 50.3 Å². The fraction of sp³-hybridized carbons (Fsp3) is 1.00. The molecule has 1 fully saturated rings. The standard InChI is InChI=1S/C13H28N2O/c1-11(2)14-9-13(10-16-4)15-7-5-12(3)6-8-15/h11-14H,5-10H2,1-4H3. The summed E-state index contributed by atoms with van der Waals surface area (Å²) in [6, 6.07) is 1.10. The van der Waals surface area contributed by atoms with Gasteiger partial charge in [0.2, 0.25) is 0 Å². The van der Waals surface area contributed by atoms with E-state index in [2.05, 4.69) is 31.0 Å². The zero-order valence-electron chi connectivity index (χ0n) is 11.3. The Hall–Kier alpha value is -0.120. The van der Waals surface area contributed by atoms with E-state index in [-0.39, 0.29) is 0 Å². The van der Waals surface area contributed by atoms with Crippen molar-refractivity contribution in [1.29, 1.82) is 0 Å². The molecule has 1 aliphatic rings. The number of rotatable bonds is 6. The molecule has 1 atom stereocenters. The van der Waals surface area contributed by atoms with E-state index in [1.165, 1.54) is 25.9 Å². The van der Waals surface area contributed by atoms with Gasteiger partial charge in [0, 0.05) is 25.7 Å². The molecule has 16 heavy (non-hydrogen) atoms. The second-order valence-electron chi connectivity index (χ2n) is 5.39. The van der Waals surface area contributed by atoms with Crippen molar-refractivity contribution in [1.82, 2.24) is 10.2 Å². The van der Waals surface area contributed by atoms with Gasteiger partial charge < -0.3 is 10.1 Å². The Kier molecular flexibility index (Phi) is 6.32. The molecule has 0 bridgehead atoms. The molecule has 0 aliphatic carbocycles. The van der Waals surface area contributed by atoms with Gasteiger partial charge in [-0.05, 0) is 31.8 Å². The lowest BCUT2D eigenvalue weighted by Crippen LogP contribution is -2.49. The minimum atomic E-state index is 0.542. The molecule has 0 spiro atoms. The van der Waals surface area contributed by atoms with Crippen LogP contribution < -0.4 is 5.32 Å². The second kappa shape index (κ2) is 7.25. The van der Waals surface area contributed by atoms with Crippen molar-refractivity contribution in [2.24, 2.45) is 5.92 Å². The van der Waals surface area contributed by atoms with Crippen LogP contribution in [0.25, 0.3) is 0 Å². The first-order valence-electron chi connectivity index (χ1n) is 6.59. The van der Waals surface area contributed by atoms with E-state index < -0.39 is 0 Å². The highest BCUT2D eigenvalue weighted by Crippen LogP contribution is 2.18. The summed E-state index contributed by atoms with van der Waals surface area (Å²) in [5, 5.41) is 3.52. The van der Waals surface area contributed by atoms with Crippen LogP contribution in [0.3, 0.4) is 0 Å². The number of piperidine rings is 1. The van der Waals surface area contributed by atoms with Gasteiger partial charge in [-0.25, -0.2) is 0 Å². The van der Waals surface area contributed by atoms with Crippen LogP contribution in [-0.2, 0) is 4.74 Å². The second-order valence-corrected chi connectivity index (χ2v) is 5.39. The summed E-state index contributed by atoms with van der Waals surface area (Å²) in [6.07, 6.45) is 2.67. The van der Waals surface area contributed by atoms with Crippen molar-refractivity contribution < 1.29 is 4.74 Å². The van der Waals surface area contributed by atoms with Gasteiger partial charge in [-0.15, -0.1) is 0 Å². The molecule has 1 saturated heterocycles. The molecule has 0 aromatic heterocycles. The van der Waals surface area contributed by atoms with Crippen LogP contribution in [0.2, 0.25) is 0 Å². The molecule has 1 aliphatic heterocycles. The summed E-state index contributed by atoms with van der Waals surface area (Å²) in [4.78, 5) is 2.58. The number of nitrogens with zero attached hydrogens (tertiary/aromatic N) is 1. The Morgan fingerprint density at radius 1 is 1.31 bits per heavy atom. The number of nitrogens with one attached hydrogen (secondary N) is 1. The van der Waals surface area contributed by atoms with Gasteiger partial charge >= 0.3 is 0 Å². The SMILES string of the molecule is COCC(CNC(C)C)N1CCC(C)CC1. The largest absolute Gasteiger partial charge is 0.383 e. The number of likely N-dealkylation sites (tertiary alicyclic amines) is 1. The summed E-state index contributed by atoms with van der Waals surface area (Å²) in [5.41, 5.74) is 0. The Labute approximate surface area is 101 Å². The highest BCUT2D eigenvalue weighted by Gasteiger charge is 2.23. The molecule has 1 heterocycles. The van der Waals surface area contributed by atoms with Gasteiger partial charge in [0.1, 0.15) is 0 Å². The first-order chi connectivity index (χ1) is 7.63. The van der Waals surface area contributed by atoms with Crippen molar-refractivity contribution in [3.63, 3.8) is 0 Å². The summed E-state index contributed by atoms with van der Waals surface area (Å²) < 4.78 is 5.33. The molecule has 3 heteroatoms. The molecule has 3 nitrogen and oxygen atoms in total. The number of methoxy groups -OCH3 is 1. The third-order valence-electron chi connectivity index (χ3n) is 3.46. The van der Waals surface area contributed by atoms with E-state index in [1.807, 2.05) is 0 Å². The molecule has 0 amide bonds. The van der Waals surface area contributed by atoms with E-state index >= 15 is 0 Å². The summed E-state index contributed by atoms with van der Waals surface area (Å²) in [5.74, 6) is 0.900. The number of ether oxygens (including phenoxy) is 1. The topological polar surface area (TPSA) is 24.5 Å². The highest BCUT2D eigenvalue weighted by atomic mass is 16.5. The zero-order chi connectivity index (χ0) is 12.0. The summed E-state index contributed by atoms with van der Waals surface area (Å²) in [7, 11) is 1.80. The lowest BCUT2D eigenvalue weighted by Gasteiger charge is -2.36. The van der Waals surface area contributed by atoms with Gasteiger partial charge in [-0.2, -0.15) is 0 Å². The average molecular weight is 228 g/mol. The lowest BCUT2D eigenvalue weighted by atomic mass is 9.98. The van der Waals surface area contributed by atoms with Gasteiger partial charge in [-0.1, -0.05) is 20.8 Å². The monoisotopic (exact) mass is 228 g/mol. The zero-order valence-corrected chi connectivity index (χ0v) is 11.3. The van der Waals surface area contributed by atoms with E-state index in [9.17, 15) is 0 Å². The van der Waals surface area contributed by atoms with Crippen molar-refractivity contribution in [2.45, 2.75) is 45.7 Å². The van der Waals surface area contributed by atoms with Crippen molar-refractivity contribution >= 4 is 0 Å². The molecule has 0 saturated carbocycles. The molecular formula is C13H28N2O. The highest BCUT2D eigenvalue weighted by molar-refractivity contribution is 4.79. The predicted octanol–water partition coefficient (Wildman–Crippen LogP) is 1.73. The van der Waals surface area contributed by atoms with Gasteiger partial charge in [0.15, 0.2) is 0 Å². The van der Waals surface area contributed by atoms with Crippen LogP contribution in [0.15, 0.2) is 0 Å². The Morgan fingerprint density at radius 3 is 2.44 bits per heavy atom. The van der Waals surface area contributed by atoms with Crippen LogP contribution in [0, 0.1) is 5.92 Å². The lowest BCUT2D eigenvalue weighted by molar-refractivity contribution is 0.0657. The normalized spacial score (nSPS) is 21.6. The molecule has 1 unspecified atom stereocenters. The molecule has 1 N–H and O–H groups in total. The quantitative estimate of drug-likeness (QED) is 0.749. The summed E-state index contributed by atoms with van der Waals surface area (Å²) in [6.45, 7) is 11.1. The first-order valence-corrected chi connectivity index (χ1v) is 6.59. The van der Waals surface area contributed by atoms with E-state index in [0.29, 0.717) is 12.1 Å². The van der Waals surface area contributed by atoms with Crippen molar-refractivity contribution in [3.05, 3.63) is 0 Å². The third-order valence-corrected chi connectivity index (χ3v) is 3.46. The van der Waals surface area contributed by atoms with Gasteiger partial charge in [-0.3, -0.25) is 4.90 Å². The van der Waals surface area contributed by atoms with E-state index in [1.54, 1.807) is 7.11 Å². The molecule has 0 aromatic carbocycles. The third kappa shape index (κ3) is 4.81. The smallest absolute Gasteiger partial charge is 0.0630 e. The van der Waals surface area contributed by atoms with Crippen LogP contribution in [0.5, 0.6) is 0 Å². The molecule has 1 rings (SSSR count). The van der Waals surface area contributed by atoms with Crippen molar-refractivity contribution in [2.75, 3.05) is 33.4 Å². The minimum Gasteiger partial charge on any atom is -0.383 e. The maximum absolute atomic E-state index is 5.33. The maximum atomic E-state index is 5.33. The summed E-state index contributed by atoms with van der Waals surface area (Å²) >= 11 is 0. The minimum absolute atomic E-state index is 0.542. The average Bonchev–Trinajstić information content (AvgIpc) is 2.25. The fourth-order valence-electron chi connectivity index (χ4n) is 2.25. The van der Waals surface area contributed by atoms with Crippen LogP contribution in [0.1, 0.15) is 33.6 Å². The first kappa shape index (κ1) is 13.9. The maximum Gasteiger partial charge on any atom is 0.0630 e. The molecule has 0 radical (unpaired) electrons. The number of hydrogen-bond donors (Lipinski definition) is 1. The van der Waals surface area contributed by atoms with Crippen molar-refractivity contribution in [3.8, 4) is 0 Å². The van der Waals surface area contributed by atoms with Crippen LogP contribution >= 0.6 is 0 Å². The Bertz CT molecular complexity index is 177. The van der Waals surface area contributed by atoms with E-state index in [0.717, 1.165) is 19.1 Å². The molecular weight excluding hydrogens is 200 g/mol. The number of hydrogen-bond acceptors (Lipinski definition) is 3. The van der Waals surface area contributed by atoms with E-state index in [4.69, 9.17) is 4.74 Å². The molecule has 0 aromatic rings. The van der Waals surface area contributed by atoms with Gasteiger partial charge in [0.25, 0.3) is 0 Å². The fourth-order valence-corrected chi connectivity index (χ4v) is 2.25. The van der Waals surface area contributed by atoms with Crippen LogP contribution in [0.4, 0.5) is 0 Å². The predicted molar refractivity (Wildman–Crippen MR) is 68.8 cm³/mol. The Balaban J connectivity index is 2.36. The Morgan fingerprint density at radius 2 is 1.94 bits per heavy atom. The molecule has 96 valence electrons.